The van der Waals surface area contributed by atoms with Gasteiger partial charge in [0.05, 0.1) is 0 Å². The van der Waals surface area contributed by atoms with Crippen molar-refractivity contribution in [2.75, 3.05) is 46.3 Å². The lowest BCUT2D eigenvalue weighted by Gasteiger charge is -2.43. The Kier molecular flexibility index (Phi) is 3.99. The average molecular weight is 254 g/mol. The fraction of sp³-hybridized carbons (Fsp3) is 0.833. The normalized spacial score (nSPS) is 25.0. The lowest BCUT2D eigenvalue weighted by Crippen LogP contribution is -2.68. The Morgan fingerprint density at radius 1 is 1.22 bits per heavy atom. The fourth-order valence-electron chi connectivity index (χ4n) is 2.64. The van der Waals surface area contributed by atoms with Crippen molar-refractivity contribution in [1.29, 1.82) is 0 Å². The molecular weight excluding hydrogens is 232 g/mol. The van der Waals surface area contributed by atoms with Gasteiger partial charge < -0.3 is 16.0 Å². The van der Waals surface area contributed by atoms with Crippen LogP contribution in [0.15, 0.2) is 0 Å². The number of hydrogen-bond acceptors (Lipinski definition) is 5. The van der Waals surface area contributed by atoms with E-state index in [-0.39, 0.29) is 17.6 Å². The number of carbonyl (C=O) groups excluding carboxylic acids is 2. The Labute approximate surface area is 107 Å². The molecule has 0 aromatic heterocycles. The van der Waals surface area contributed by atoms with E-state index in [2.05, 4.69) is 16.0 Å². The molecular formula is C12H22N4O2. The van der Waals surface area contributed by atoms with Gasteiger partial charge in [0, 0.05) is 52.2 Å². The van der Waals surface area contributed by atoms with E-state index in [0.717, 1.165) is 26.2 Å². The van der Waals surface area contributed by atoms with E-state index in [9.17, 15) is 9.59 Å². The number of hydrogen-bond donors (Lipinski definition) is 3. The van der Waals surface area contributed by atoms with E-state index in [4.69, 9.17) is 0 Å². The minimum Gasteiger partial charge on any atom is -0.357 e. The zero-order valence-electron chi connectivity index (χ0n) is 11.1. The van der Waals surface area contributed by atoms with Crippen molar-refractivity contribution in [3.05, 3.63) is 0 Å². The zero-order chi connectivity index (χ0) is 13.2. The molecule has 2 rings (SSSR count). The molecule has 6 nitrogen and oxygen atoms in total. The molecule has 0 saturated carbocycles. The molecule has 6 heteroatoms. The molecule has 0 bridgehead atoms. The van der Waals surface area contributed by atoms with Gasteiger partial charge in [-0.2, -0.15) is 0 Å². The first kappa shape index (κ1) is 13.5. The highest BCUT2D eigenvalue weighted by Gasteiger charge is 2.49. The Bertz CT molecular complexity index is 337. The van der Waals surface area contributed by atoms with Crippen molar-refractivity contribution in [1.82, 2.24) is 20.9 Å². The van der Waals surface area contributed by atoms with Crippen LogP contribution >= 0.6 is 0 Å². The fourth-order valence-corrected chi connectivity index (χ4v) is 2.64. The van der Waals surface area contributed by atoms with Crippen molar-refractivity contribution in [3.63, 3.8) is 0 Å². The summed E-state index contributed by atoms with van der Waals surface area (Å²) >= 11 is 0. The van der Waals surface area contributed by atoms with Crippen LogP contribution in [0.3, 0.4) is 0 Å². The maximum absolute atomic E-state index is 12.6. The maximum atomic E-state index is 12.6. The van der Waals surface area contributed by atoms with Gasteiger partial charge in [0.1, 0.15) is 0 Å². The van der Waals surface area contributed by atoms with E-state index in [0.29, 0.717) is 13.1 Å². The molecule has 2 fully saturated rings. The van der Waals surface area contributed by atoms with Crippen LogP contribution < -0.4 is 16.0 Å². The summed E-state index contributed by atoms with van der Waals surface area (Å²) < 4.78 is 0. The van der Waals surface area contributed by atoms with E-state index in [1.54, 1.807) is 14.0 Å². The number of ketones is 1. The molecule has 0 aliphatic carbocycles. The summed E-state index contributed by atoms with van der Waals surface area (Å²) in [6.07, 6.45) is 0. The van der Waals surface area contributed by atoms with Crippen LogP contribution in [0.5, 0.6) is 0 Å². The van der Waals surface area contributed by atoms with E-state index < -0.39 is 5.54 Å². The molecule has 2 aliphatic rings. The molecule has 1 atom stereocenters. The Morgan fingerprint density at radius 3 is 2.28 bits per heavy atom. The second-order valence-corrected chi connectivity index (χ2v) is 5.11. The zero-order valence-corrected chi connectivity index (χ0v) is 11.1. The highest BCUT2D eigenvalue weighted by molar-refractivity contribution is 6.11. The molecule has 1 unspecified atom stereocenters. The van der Waals surface area contributed by atoms with Crippen LogP contribution in [0.25, 0.3) is 0 Å². The first-order valence-corrected chi connectivity index (χ1v) is 6.53. The molecule has 0 radical (unpaired) electrons. The summed E-state index contributed by atoms with van der Waals surface area (Å²) in [6.45, 7) is 6.25. The molecule has 2 heterocycles. The third kappa shape index (κ3) is 2.15. The summed E-state index contributed by atoms with van der Waals surface area (Å²) in [6, 6.07) is 0. The van der Waals surface area contributed by atoms with Crippen molar-refractivity contribution in [3.8, 4) is 0 Å². The third-order valence-electron chi connectivity index (χ3n) is 4.05. The molecule has 18 heavy (non-hydrogen) atoms. The lowest BCUT2D eigenvalue weighted by atomic mass is 9.81. The second kappa shape index (κ2) is 5.34. The van der Waals surface area contributed by atoms with Crippen molar-refractivity contribution in [2.45, 2.75) is 12.5 Å². The van der Waals surface area contributed by atoms with Gasteiger partial charge in [-0.05, 0) is 6.92 Å². The highest BCUT2D eigenvalue weighted by atomic mass is 16.2. The molecule has 2 saturated heterocycles. The second-order valence-electron chi connectivity index (χ2n) is 5.11. The summed E-state index contributed by atoms with van der Waals surface area (Å²) in [5.74, 6) is -0.175. The van der Waals surface area contributed by atoms with Crippen LogP contribution in [0, 0.1) is 5.92 Å². The Hall–Kier alpha value is -0.980. The largest absolute Gasteiger partial charge is 0.357 e. The molecule has 1 amide bonds. The van der Waals surface area contributed by atoms with E-state index in [1.165, 1.54) is 0 Å². The highest BCUT2D eigenvalue weighted by Crippen LogP contribution is 2.23. The lowest BCUT2D eigenvalue weighted by molar-refractivity contribution is -0.147. The van der Waals surface area contributed by atoms with Gasteiger partial charge in [-0.1, -0.05) is 0 Å². The molecule has 102 valence electrons. The number of likely N-dealkylation sites (N-methyl/N-ethyl adjacent to an activating group) is 1. The van der Waals surface area contributed by atoms with Gasteiger partial charge in [-0.15, -0.1) is 0 Å². The maximum Gasteiger partial charge on any atom is 0.247 e. The van der Waals surface area contributed by atoms with Gasteiger partial charge in [0.25, 0.3) is 0 Å². The Morgan fingerprint density at radius 2 is 1.83 bits per heavy atom. The molecule has 0 spiro atoms. The first-order valence-electron chi connectivity index (χ1n) is 6.53. The number of Topliss-reactive ketones (excluding diaryl/α,β-unsaturated/α-hetero) is 1. The number of amides is 1. The number of piperazine rings is 1. The van der Waals surface area contributed by atoms with Crippen LogP contribution in [0.2, 0.25) is 0 Å². The quantitative estimate of drug-likeness (QED) is 0.516. The summed E-state index contributed by atoms with van der Waals surface area (Å²) in [4.78, 5) is 26.8. The molecule has 2 aliphatic heterocycles. The smallest absolute Gasteiger partial charge is 0.247 e. The van der Waals surface area contributed by atoms with Crippen molar-refractivity contribution >= 4 is 11.7 Å². The van der Waals surface area contributed by atoms with Crippen LogP contribution in [-0.2, 0) is 9.59 Å². The molecule has 0 aromatic rings. The Balaban J connectivity index is 2.20. The van der Waals surface area contributed by atoms with Gasteiger partial charge in [-0.3, -0.25) is 14.5 Å². The van der Waals surface area contributed by atoms with Crippen molar-refractivity contribution < 1.29 is 9.59 Å². The SMILES string of the molecule is CNC(=O)C(C)(C(=O)C1CNC1)N1CCNCC1. The topological polar surface area (TPSA) is 73.5 Å². The summed E-state index contributed by atoms with van der Waals surface area (Å²) in [5, 5.41) is 8.98. The monoisotopic (exact) mass is 254 g/mol. The van der Waals surface area contributed by atoms with Crippen LogP contribution in [0.1, 0.15) is 6.92 Å². The van der Waals surface area contributed by atoms with Crippen molar-refractivity contribution in [2.24, 2.45) is 5.92 Å². The minimum atomic E-state index is -1.02. The number of nitrogens with zero attached hydrogens (tertiary/aromatic N) is 1. The number of carbonyl (C=O) groups is 2. The van der Waals surface area contributed by atoms with Gasteiger partial charge in [0.15, 0.2) is 11.3 Å². The third-order valence-corrected chi connectivity index (χ3v) is 4.05. The minimum absolute atomic E-state index is 0.0258. The van der Waals surface area contributed by atoms with Crippen LogP contribution in [-0.4, -0.2) is 68.4 Å². The number of rotatable bonds is 4. The standard InChI is InChI=1S/C12H22N4O2/c1-12(11(18)13-2,10(17)9-7-15-8-9)16-5-3-14-4-6-16/h9,14-15H,3-8H2,1-2H3,(H,13,18). The van der Waals surface area contributed by atoms with Gasteiger partial charge >= 0.3 is 0 Å². The predicted molar refractivity (Wildman–Crippen MR) is 68.3 cm³/mol. The number of nitrogens with one attached hydrogen (secondary N) is 3. The van der Waals surface area contributed by atoms with E-state index in [1.807, 2.05) is 4.90 Å². The average Bonchev–Trinajstić information content (AvgIpc) is 2.35. The van der Waals surface area contributed by atoms with Gasteiger partial charge in [-0.25, -0.2) is 0 Å². The molecule has 0 aromatic carbocycles. The summed E-state index contributed by atoms with van der Waals surface area (Å²) in [7, 11) is 1.59. The van der Waals surface area contributed by atoms with Gasteiger partial charge in [0.2, 0.25) is 5.91 Å². The predicted octanol–water partition coefficient (Wildman–Crippen LogP) is -1.82. The van der Waals surface area contributed by atoms with E-state index >= 15 is 0 Å². The summed E-state index contributed by atoms with van der Waals surface area (Å²) in [5.41, 5.74) is -1.02. The van der Waals surface area contributed by atoms with Crippen LogP contribution in [0.4, 0.5) is 0 Å². The molecule has 3 N–H and O–H groups in total. The first-order chi connectivity index (χ1) is 8.60.